The number of nitrogens with zero attached hydrogens (tertiary/aromatic N) is 3. The lowest BCUT2D eigenvalue weighted by Crippen LogP contribution is -2.61. The minimum absolute atomic E-state index is 0.0438. The van der Waals surface area contributed by atoms with Crippen LogP contribution in [-0.2, 0) is 10.8 Å². The average molecular weight is 445 g/mol. The van der Waals surface area contributed by atoms with Gasteiger partial charge in [-0.05, 0) is 62.7 Å². The van der Waals surface area contributed by atoms with Crippen LogP contribution in [0, 0.1) is 17.8 Å². The SMILES string of the molecule is O=C(NC1C2CC3CC1CC(O)(C3)C2)c1cnc(N2CCS(=O)CC2)nc1C1CCC1. The maximum absolute atomic E-state index is 13.4. The summed E-state index contributed by atoms with van der Waals surface area (Å²) in [6.07, 6.45) is 9.91. The lowest BCUT2D eigenvalue weighted by atomic mass is 9.52. The van der Waals surface area contributed by atoms with E-state index in [-0.39, 0.29) is 11.9 Å². The molecule has 5 saturated carbocycles. The zero-order valence-electron chi connectivity index (χ0n) is 18.0. The molecule has 7 nitrogen and oxygen atoms in total. The van der Waals surface area contributed by atoms with E-state index < -0.39 is 16.4 Å². The Morgan fingerprint density at radius 3 is 2.48 bits per heavy atom. The van der Waals surface area contributed by atoms with E-state index in [2.05, 4.69) is 15.2 Å². The van der Waals surface area contributed by atoms with Crippen molar-refractivity contribution in [2.24, 2.45) is 17.8 Å². The number of aliphatic hydroxyl groups is 1. The van der Waals surface area contributed by atoms with Crippen LogP contribution in [0.4, 0.5) is 5.95 Å². The summed E-state index contributed by atoms with van der Waals surface area (Å²) >= 11 is 0. The molecule has 5 aliphatic carbocycles. The minimum Gasteiger partial charge on any atom is -0.390 e. The zero-order chi connectivity index (χ0) is 21.2. The number of hydrogen-bond donors (Lipinski definition) is 2. The van der Waals surface area contributed by atoms with Gasteiger partial charge in [0.1, 0.15) is 0 Å². The van der Waals surface area contributed by atoms with Crippen LogP contribution in [0.15, 0.2) is 6.20 Å². The Bertz CT molecular complexity index is 894. The molecule has 1 aromatic rings. The smallest absolute Gasteiger partial charge is 0.254 e. The van der Waals surface area contributed by atoms with E-state index in [0.29, 0.717) is 59.8 Å². The van der Waals surface area contributed by atoms with E-state index in [1.807, 2.05) is 0 Å². The van der Waals surface area contributed by atoms with Crippen LogP contribution in [0.3, 0.4) is 0 Å². The van der Waals surface area contributed by atoms with Crippen LogP contribution < -0.4 is 10.2 Å². The molecule has 0 aromatic carbocycles. The number of carbonyl (C=O) groups is 1. The molecule has 0 radical (unpaired) electrons. The molecule has 1 amide bonds. The number of rotatable bonds is 4. The maximum atomic E-state index is 13.4. The van der Waals surface area contributed by atoms with Crippen molar-refractivity contribution in [3.63, 3.8) is 0 Å². The largest absolute Gasteiger partial charge is 0.390 e. The Kier molecular flexibility index (Phi) is 4.87. The average Bonchev–Trinajstić information content (AvgIpc) is 2.68. The van der Waals surface area contributed by atoms with Crippen molar-refractivity contribution < 1.29 is 14.1 Å². The third-order valence-electron chi connectivity index (χ3n) is 8.54. The van der Waals surface area contributed by atoms with Gasteiger partial charge in [-0.1, -0.05) is 6.42 Å². The molecule has 6 aliphatic rings. The second kappa shape index (κ2) is 7.51. The van der Waals surface area contributed by atoms with Gasteiger partial charge in [-0.25, -0.2) is 9.97 Å². The maximum Gasteiger partial charge on any atom is 0.254 e. The van der Waals surface area contributed by atoms with Crippen molar-refractivity contribution >= 4 is 22.7 Å². The summed E-state index contributed by atoms with van der Waals surface area (Å²) in [5, 5.41) is 14.2. The fourth-order valence-electron chi connectivity index (χ4n) is 6.99. The van der Waals surface area contributed by atoms with Crippen molar-refractivity contribution in [1.29, 1.82) is 0 Å². The predicted octanol–water partition coefficient (Wildman–Crippen LogP) is 1.98. The summed E-state index contributed by atoms with van der Waals surface area (Å²) in [5.74, 6) is 3.68. The molecular formula is C23H32N4O3S. The highest BCUT2D eigenvalue weighted by Crippen LogP contribution is 2.55. The molecule has 0 spiro atoms. The predicted molar refractivity (Wildman–Crippen MR) is 118 cm³/mol. The van der Waals surface area contributed by atoms with E-state index in [9.17, 15) is 14.1 Å². The molecule has 2 unspecified atom stereocenters. The highest BCUT2D eigenvalue weighted by atomic mass is 32.2. The Hall–Kier alpha value is -1.54. The number of carbonyl (C=O) groups excluding carboxylic acids is 1. The van der Waals surface area contributed by atoms with E-state index in [1.165, 1.54) is 6.42 Å². The van der Waals surface area contributed by atoms with Crippen LogP contribution in [0.5, 0.6) is 0 Å². The first-order chi connectivity index (χ1) is 15.0. The molecule has 2 heterocycles. The van der Waals surface area contributed by atoms with Crippen LogP contribution in [-0.4, -0.2) is 61.4 Å². The van der Waals surface area contributed by atoms with Gasteiger partial charge in [0.2, 0.25) is 5.95 Å². The molecule has 6 fully saturated rings. The van der Waals surface area contributed by atoms with Crippen LogP contribution in [0.1, 0.15) is 73.3 Å². The van der Waals surface area contributed by atoms with Crippen molar-refractivity contribution in [3.8, 4) is 0 Å². The Labute approximate surface area is 185 Å². The van der Waals surface area contributed by atoms with Gasteiger partial charge >= 0.3 is 0 Å². The van der Waals surface area contributed by atoms with Gasteiger partial charge in [-0.3, -0.25) is 9.00 Å². The molecule has 8 heteroatoms. The second-order valence-corrected chi connectivity index (χ2v) is 12.3. The second-order valence-electron chi connectivity index (χ2n) is 10.6. The summed E-state index contributed by atoms with van der Waals surface area (Å²) in [6, 6.07) is 0.162. The summed E-state index contributed by atoms with van der Waals surface area (Å²) < 4.78 is 11.7. The van der Waals surface area contributed by atoms with Crippen LogP contribution >= 0.6 is 0 Å². The number of anilines is 1. The quantitative estimate of drug-likeness (QED) is 0.737. The normalized spacial score (nSPS) is 37.6. The third kappa shape index (κ3) is 3.59. The highest BCUT2D eigenvalue weighted by Gasteiger charge is 2.55. The van der Waals surface area contributed by atoms with Crippen molar-refractivity contribution in [1.82, 2.24) is 15.3 Å². The summed E-state index contributed by atoms with van der Waals surface area (Å²) in [4.78, 5) is 24.9. The molecule has 168 valence electrons. The number of aromatic nitrogens is 2. The molecule has 2 N–H and O–H groups in total. The minimum atomic E-state index is -0.740. The van der Waals surface area contributed by atoms with Crippen LogP contribution in [0.25, 0.3) is 0 Å². The van der Waals surface area contributed by atoms with Gasteiger partial charge in [-0.15, -0.1) is 0 Å². The van der Waals surface area contributed by atoms with Gasteiger partial charge < -0.3 is 15.3 Å². The molecule has 1 aliphatic heterocycles. The Balaban J connectivity index is 1.23. The van der Waals surface area contributed by atoms with Gasteiger partial charge in [-0.2, -0.15) is 0 Å². The topological polar surface area (TPSA) is 95.4 Å². The standard InChI is InChI=1S/C23H32N4O3S/c28-21(25-19-16-8-14-9-17(19)12-23(29,10-14)11-16)18-13-24-22(26-20(18)15-2-1-3-15)27-4-6-31(30)7-5-27/h13-17,19,29H,1-12H2,(H,25,28). The van der Waals surface area contributed by atoms with Gasteiger partial charge in [0.05, 0.1) is 16.9 Å². The number of hydrogen-bond acceptors (Lipinski definition) is 6. The number of amides is 1. The van der Waals surface area contributed by atoms with E-state index >= 15 is 0 Å². The van der Waals surface area contributed by atoms with E-state index in [0.717, 1.165) is 50.6 Å². The Morgan fingerprint density at radius 1 is 1.16 bits per heavy atom. The summed E-state index contributed by atoms with van der Waals surface area (Å²) in [5.41, 5.74) is 1.03. The first-order valence-corrected chi connectivity index (χ1v) is 13.5. The molecule has 1 aromatic heterocycles. The van der Waals surface area contributed by atoms with Gasteiger partial charge in [0.15, 0.2) is 0 Å². The van der Waals surface area contributed by atoms with E-state index in [1.54, 1.807) is 6.20 Å². The first kappa shape index (κ1) is 20.1. The van der Waals surface area contributed by atoms with Crippen molar-refractivity contribution in [2.75, 3.05) is 29.5 Å². The first-order valence-electron chi connectivity index (χ1n) is 12.0. The fourth-order valence-corrected chi connectivity index (χ4v) is 8.04. The van der Waals surface area contributed by atoms with E-state index in [4.69, 9.17) is 4.98 Å². The molecule has 1 saturated heterocycles. The fraction of sp³-hybridized carbons (Fsp3) is 0.783. The molecule has 4 bridgehead atoms. The lowest BCUT2D eigenvalue weighted by molar-refractivity contribution is -0.136. The zero-order valence-corrected chi connectivity index (χ0v) is 18.8. The summed E-state index contributed by atoms with van der Waals surface area (Å²) in [7, 11) is -0.740. The summed E-state index contributed by atoms with van der Waals surface area (Å²) in [6.45, 7) is 1.41. The highest BCUT2D eigenvalue weighted by molar-refractivity contribution is 7.85. The molecule has 31 heavy (non-hydrogen) atoms. The van der Waals surface area contributed by atoms with Gasteiger partial charge in [0, 0.05) is 53.6 Å². The third-order valence-corrected chi connectivity index (χ3v) is 9.82. The van der Waals surface area contributed by atoms with Gasteiger partial charge in [0.25, 0.3) is 5.91 Å². The number of nitrogens with one attached hydrogen (secondary N) is 1. The van der Waals surface area contributed by atoms with Crippen molar-refractivity contribution in [3.05, 3.63) is 17.5 Å². The molecule has 2 atom stereocenters. The Morgan fingerprint density at radius 2 is 1.87 bits per heavy atom. The molecular weight excluding hydrogens is 412 g/mol. The van der Waals surface area contributed by atoms with Crippen molar-refractivity contribution in [2.45, 2.75) is 68.9 Å². The monoisotopic (exact) mass is 444 g/mol. The lowest BCUT2D eigenvalue weighted by Gasteiger charge is -2.58. The van der Waals surface area contributed by atoms with Crippen LogP contribution in [0.2, 0.25) is 0 Å². The molecule has 7 rings (SSSR count).